The lowest BCUT2D eigenvalue weighted by Crippen LogP contribution is -2.32. The Hall–Kier alpha value is -1.50. The number of hydrogen-bond donors (Lipinski definition) is 2. The number of hydrogen-bond acceptors (Lipinski definition) is 4. The summed E-state index contributed by atoms with van der Waals surface area (Å²) < 4.78 is 1.90. The molecule has 2 N–H and O–H groups in total. The molecule has 124 valence electrons. The predicted octanol–water partition coefficient (Wildman–Crippen LogP) is 3.20. The molecule has 1 amide bonds. The van der Waals surface area contributed by atoms with Crippen LogP contribution in [0.25, 0.3) is 0 Å². The van der Waals surface area contributed by atoms with Gasteiger partial charge < -0.3 is 10.6 Å². The van der Waals surface area contributed by atoms with Gasteiger partial charge in [-0.3, -0.25) is 9.48 Å². The zero-order chi connectivity index (χ0) is 15.4. The maximum atomic E-state index is 12.3. The summed E-state index contributed by atoms with van der Waals surface area (Å²) in [5.41, 5.74) is 1.26. The van der Waals surface area contributed by atoms with Crippen LogP contribution in [0.1, 0.15) is 29.4 Å². The SMILES string of the molecule is CSc1cccc(NC(=O)c2ccn(C3CCCNC3)n2)c1.Cl. The number of piperidine rings is 1. The van der Waals surface area contributed by atoms with Crippen LogP contribution in [0, 0.1) is 0 Å². The van der Waals surface area contributed by atoms with E-state index in [0.29, 0.717) is 11.7 Å². The maximum Gasteiger partial charge on any atom is 0.276 e. The Kier molecular flexibility index (Phi) is 6.50. The van der Waals surface area contributed by atoms with Gasteiger partial charge >= 0.3 is 0 Å². The van der Waals surface area contributed by atoms with Gasteiger partial charge in [0, 0.05) is 23.3 Å². The van der Waals surface area contributed by atoms with Gasteiger partial charge in [0.2, 0.25) is 0 Å². The van der Waals surface area contributed by atoms with Crippen LogP contribution in [-0.2, 0) is 0 Å². The monoisotopic (exact) mass is 352 g/mol. The molecular weight excluding hydrogens is 332 g/mol. The van der Waals surface area contributed by atoms with Crippen molar-refractivity contribution in [2.24, 2.45) is 0 Å². The predicted molar refractivity (Wildman–Crippen MR) is 96.8 cm³/mol. The van der Waals surface area contributed by atoms with Crippen LogP contribution in [-0.4, -0.2) is 35.0 Å². The first-order chi connectivity index (χ1) is 10.8. The molecule has 1 fully saturated rings. The number of amides is 1. The first kappa shape index (κ1) is 17.8. The largest absolute Gasteiger partial charge is 0.321 e. The van der Waals surface area contributed by atoms with Crippen molar-refractivity contribution in [3.05, 3.63) is 42.2 Å². The van der Waals surface area contributed by atoms with Crippen LogP contribution in [0.4, 0.5) is 5.69 Å². The summed E-state index contributed by atoms with van der Waals surface area (Å²) in [5, 5.41) is 10.7. The minimum Gasteiger partial charge on any atom is -0.321 e. The molecule has 2 heterocycles. The highest BCUT2D eigenvalue weighted by molar-refractivity contribution is 7.98. The summed E-state index contributed by atoms with van der Waals surface area (Å²) in [6, 6.07) is 9.93. The molecular formula is C16H21ClN4OS. The van der Waals surface area contributed by atoms with Crippen molar-refractivity contribution in [3.8, 4) is 0 Å². The van der Waals surface area contributed by atoms with Crippen molar-refractivity contribution >= 4 is 35.8 Å². The highest BCUT2D eigenvalue weighted by atomic mass is 35.5. The van der Waals surface area contributed by atoms with E-state index >= 15 is 0 Å². The fraction of sp³-hybridized carbons (Fsp3) is 0.375. The zero-order valence-corrected chi connectivity index (χ0v) is 14.6. The van der Waals surface area contributed by atoms with Crippen molar-refractivity contribution < 1.29 is 4.79 Å². The minimum atomic E-state index is -0.166. The zero-order valence-electron chi connectivity index (χ0n) is 13.0. The van der Waals surface area contributed by atoms with Crippen LogP contribution >= 0.6 is 24.2 Å². The van der Waals surface area contributed by atoms with Gasteiger partial charge in [0.1, 0.15) is 0 Å². The summed E-state index contributed by atoms with van der Waals surface area (Å²) >= 11 is 1.65. The molecule has 1 aliphatic rings. The lowest BCUT2D eigenvalue weighted by Gasteiger charge is -2.22. The van der Waals surface area contributed by atoms with Crippen LogP contribution in [0.15, 0.2) is 41.4 Å². The number of nitrogens with one attached hydrogen (secondary N) is 2. The molecule has 1 aromatic carbocycles. The first-order valence-corrected chi connectivity index (χ1v) is 8.70. The molecule has 0 spiro atoms. The number of nitrogens with zero attached hydrogens (tertiary/aromatic N) is 2. The average molecular weight is 353 g/mol. The Labute approximate surface area is 146 Å². The summed E-state index contributed by atoms with van der Waals surface area (Å²) in [4.78, 5) is 13.4. The van der Waals surface area contributed by atoms with E-state index in [2.05, 4.69) is 15.7 Å². The van der Waals surface area contributed by atoms with E-state index in [4.69, 9.17) is 0 Å². The third kappa shape index (κ3) is 4.50. The van der Waals surface area contributed by atoms with Gasteiger partial charge in [0.25, 0.3) is 5.91 Å². The third-order valence-corrected chi connectivity index (χ3v) is 4.54. The third-order valence-electron chi connectivity index (χ3n) is 3.81. The van der Waals surface area contributed by atoms with E-state index in [1.807, 2.05) is 41.4 Å². The summed E-state index contributed by atoms with van der Waals surface area (Å²) in [5.74, 6) is -0.166. The Morgan fingerprint density at radius 3 is 3.04 bits per heavy atom. The molecule has 1 aromatic heterocycles. The fourth-order valence-corrected chi connectivity index (χ4v) is 3.08. The van der Waals surface area contributed by atoms with Crippen molar-refractivity contribution in [1.29, 1.82) is 0 Å². The second-order valence-electron chi connectivity index (χ2n) is 5.37. The molecule has 5 nitrogen and oxygen atoms in total. The second kappa shape index (κ2) is 8.38. The van der Waals surface area contributed by atoms with E-state index in [9.17, 15) is 4.79 Å². The highest BCUT2D eigenvalue weighted by Crippen LogP contribution is 2.20. The topological polar surface area (TPSA) is 59.0 Å². The summed E-state index contributed by atoms with van der Waals surface area (Å²) in [7, 11) is 0. The highest BCUT2D eigenvalue weighted by Gasteiger charge is 2.17. The van der Waals surface area contributed by atoms with Gasteiger partial charge in [-0.1, -0.05) is 6.07 Å². The van der Waals surface area contributed by atoms with Crippen molar-refractivity contribution in [3.63, 3.8) is 0 Å². The van der Waals surface area contributed by atoms with E-state index < -0.39 is 0 Å². The number of carbonyl (C=O) groups excluding carboxylic acids is 1. The molecule has 23 heavy (non-hydrogen) atoms. The molecule has 1 saturated heterocycles. The Bertz CT molecular complexity index is 655. The number of thioether (sulfide) groups is 1. The van der Waals surface area contributed by atoms with E-state index in [0.717, 1.165) is 36.5 Å². The number of rotatable bonds is 4. The number of carbonyl (C=O) groups is 1. The average Bonchev–Trinajstić information content (AvgIpc) is 3.06. The van der Waals surface area contributed by atoms with Crippen LogP contribution in [0.5, 0.6) is 0 Å². The van der Waals surface area contributed by atoms with Crippen LogP contribution in [0.3, 0.4) is 0 Å². The molecule has 7 heteroatoms. The normalized spacial score (nSPS) is 17.3. The van der Waals surface area contributed by atoms with E-state index in [-0.39, 0.29) is 18.3 Å². The molecule has 3 rings (SSSR count). The molecule has 0 saturated carbocycles. The van der Waals surface area contributed by atoms with Crippen molar-refractivity contribution in [1.82, 2.24) is 15.1 Å². The smallest absolute Gasteiger partial charge is 0.276 e. The molecule has 2 aromatic rings. The van der Waals surface area contributed by atoms with Crippen molar-refractivity contribution in [2.45, 2.75) is 23.8 Å². The number of aromatic nitrogens is 2. The van der Waals surface area contributed by atoms with E-state index in [1.54, 1.807) is 17.8 Å². The number of anilines is 1. The second-order valence-corrected chi connectivity index (χ2v) is 6.25. The Balaban J connectivity index is 0.00000192. The van der Waals surface area contributed by atoms with Gasteiger partial charge in [0.05, 0.1) is 6.04 Å². The first-order valence-electron chi connectivity index (χ1n) is 7.47. The maximum absolute atomic E-state index is 12.3. The van der Waals surface area contributed by atoms with E-state index in [1.165, 1.54) is 0 Å². The van der Waals surface area contributed by atoms with Crippen LogP contribution in [0.2, 0.25) is 0 Å². The van der Waals surface area contributed by atoms with Crippen molar-refractivity contribution in [2.75, 3.05) is 24.7 Å². The van der Waals surface area contributed by atoms with Gasteiger partial charge in [0.15, 0.2) is 5.69 Å². The molecule has 0 radical (unpaired) electrons. The van der Waals surface area contributed by atoms with Gasteiger partial charge in [-0.15, -0.1) is 24.2 Å². The lowest BCUT2D eigenvalue weighted by molar-refractivity contribution is 0.102. The Morgan fingerprint density at radius 2 is 2.30 bits per heavy atom. The number of halogens is 1. The Morgan fingerprint density at radius 1 is 1.43 bits per heavy atom. The number of benzene rings is 1. The molecule has 1 unspecified atom stereocenters. The van der Waals surface area contributed by atoms with Gasteiger partial charge in [-0.05, 0) is 49.9 Å². The summed E-state index contributed by atoms with van der Waals surface area (Å²) in [6.07, 6.45) is 6.16. The molecule has 0 bridgehead atoms. The van der Waals surface area contributed by atoms with Gasteiger partial charge in [-0.2, -0.15) is 5.10 Å². The van der Waals surface area contributed by atoms with Gasteiger partial charge in [-0.25, -0.2) is 0 Å². The fourth-order valence-electron chi connectivity index (χ4n) is 2.62. The molecule has 1 aliphatic heterocycles. The quantitative estimate of drug-likeness (QED) is 0.829. The van der Waals surface area contributed by atoms with Crippen LogP contribution < -0.4 is 10.6 Å². The minimum absolute atomic E-state index is 0. The molecule has 1 atom stereocenters. The molecule has 0 aliphatic carbocycles. The standard InChI is InChI=1S/C16H20N4OS.ClH/c1-22-14-6-2-4-12(10-14)18-16(21)15-7-9-20(19-15)13-5-3-8-17-11-13;/h2,4,6-7,9-10,13,17H,3,5,8,11H2,1H3,(H,18,21);1H. The lowest BCUT2D eigenvalue weighted by atomic mass is 10.1. The summed E-state index contributed by atoms with van der Waals surface area (Å²) in [6.45, 7) is 1.98.